The average molecular weight is 333 g/mol. The number of anilines is 1. The molecular formula is C16H19N3O5. The Balaban J connectivity index is 1.57. The van der Waals surface area contributed by atoms with Gasteiger partial charge in [-0.25, -0.2) is 0 Å². The van der Waals surface area contributed by atoms with Gasteiger partial charge in [0.25, 0.3) is 0 Å². The SMILES string of the molecule is CC(=O)NCCNC(=O)[C@H]1CC(=O)N(c2ccc3c(c2)OCO3)C1. The number of hydrogen-bond acceptors (Lipinski definition) is 5. The molecule has 1 aromatic carbocycles. The van der Waals surface area contributed by atoms with Crippen molar-refractivity contribution in [3.05, 3.63) is 18.2 Å². The maximum Gasteiger partial charge on any atom is 0.231 e. The van der Waals surface area contributed by atoms with Crippen LogP contribution >= 0.6 is 0 Å². The summed E-state index contributed by atoms with van der Waals surface area (Å²) < 4.78 is 10.6. The van der Waals surface area contributed by atoms with Crippen molar-refractivity contribution in [3.8, 4) is 11.5 Å². The molecule has 0 unspecified atom stereocenters. The zero-order chi connectivity index (χ0) is 17.1. The highest BCUT2D eigenvalue weighted by atomic mass is 16.7. The van der Waals surface area contributed by atoms with Crippen LogP contribution in [0, 0.1) is 5.92 Å². The van der Waals surface area contributed by atoms with E-state index in [-0.39, 0.29) is 30.9 Å². The Labute approximate surface area is 139 Å². The van der Waals surface area contributed by atoms with Crippen molar-refractivity contribution < 1.29 is 23.9 Å². The molecule has 0 aromatic heterocycles. The van der Waals surface area contributed by atoms with Gasteiger partial charge in [-0.15, -0.1) is 0 Å². The minimum absolute atomic E-state index is 0.101. The van der Waals surface area contributed by atoms with Crippen molar-refractivity contribution >= 4 is 23.4 Å². The Morgan fingerprint density at radius 1 is 1.21 bits per heavy atom. The Hall–Kier alpha value is -2.77. The molecule has 8 heteroatoms. The molecule has 128 valence electrons. The molecule has 1 aromatic rings. The van der Waals surface area contributed by atoms with E-state index in [1.165, 1.54) is 6.92 Å². The quantitative estimate of drug-likeness (QED) is 0.741. The summed E-state index contributed by atoms with van der Waals surface area (Å²) in [6.45, 7) is 2.62. The third-order valence-electron chi connectivity index (χ3n) is 3.96. The molecular weight excluding hydrogens is 314 g/mol. The number of nitrogens with one attached hydrogen (secondary N) is 2. The van der Waals surface area contributed by atoms with Crippen molar-refractivity contribution in [2.24, 2.45) is 5.92 Å². The fourth-order valence-electron chi connectivity index (χ4n) is 2.75. The number of rotatable bonds is 5. The van der Waals surface area contributed by atoms with E-state index in [9.17, 15) is 14.4 Å². The van der Waals surface area contributed by atoms with Gasteiger partial charge in [0, 0.05) is 44.7 Å². The highest BCUT2D eigenvalue weighted by Crippen LogP contribution is 2.37. The summed E-state index contributed by atoms with van der Waals surface area (Å²) in [6.07, 6.45) is 0.167. The largest absolute Gasteiger partial charge is 0.454 e. The predicted octanol–water partition coefficient (Wildman–Crippen LogP) is 0.0205. The number of carbonyl (C=O) groups is 3. The molecule has 0 radical (unpaired) electrons. The molecule has 2 aliphatic rings. The standard InChI is InChI=1S/C16H19N3O5/c1-10(20)17-4-5-18-16(22)11-6-15(21)19(8-11)12-2-3-13-14(7-12)24-9-23-13/h2-3,7,11H,4-6,8-9H2,1H3,(H,17,20)(H,18,22)/t11-/m0/s1. The molecule has 0 spiro atoms. The summed E-state index contributed by atoms with van der Waals surface area (Å²) >= 11 is 0. The zero-order valence-electron chi connectivity index (χ0n) is 13.3. The first-order valence-electron chi connectivity index (χ1n) is 7.77. The molecule has 1 saturated heterocycles. The van der Waals surface area contributed by atoms with E-state index in [1.807, 2.05) is 0 Å². The molecule has 24 heavy (non-hydrogen) atoms. The second-order valence-electron chi connectivity index (χ2n) is 5.72. The normalized spacial score (nSPS) is 18.6. The van der Waals surface area contributed by atoms with Gasteiger partial charge in [0.2, 0.25) is 24.5 Å². The second kappa shape index (κ2) is 6.77. The molecule has 8 nitrogen and oxygen atoms in total. The van der Waals surface area contributed by atoms with Crippen molar-refractivity contribution in [3.63, 3.8) is 0 Å². The highest BCUT2D eigenvalue weighted by Gasteiger charge is 2.35. The molecule has 0 aliphatic carbocycles. The number of benzene rings is 1. The fraction of sp³-hybridized carbons (Fsp3) is 0.438. The molecule has 1 atom stereocenters. The average Bonchev–Trinajstić information content (AvgIpc) is 3.16. The van der Waals surface area contributed by atoms with E-state index in [0.29, 0.717) is 36.8 Å². The van der Waals surface area contributed by atoms with Crippen LogP contribution in [0.5, 0.6) is 11.5 Å². The summed E-state index contributed by atoms with van der Waals surface area (Å²) in [4.78, 5) is 36.7. The Morgan fingerprint density at radius 3 is 2.75 bits per heavy atom. The maximum absolute atomic E-state index is 12.2. The van der Waals surface area contributed by atoms with Crippen LogP contribution < -0.4 is 25.0 Å². The molecule has 0 bridgehead atoms. The lowest BCUT2D eigenvalue weighted by Gasteiger charge is -2.17. The van der Waals surface area contributed by atoms with Crippen molar-refractivity contribution in [1.29, 1.82) is 0 Å². The molecule has 3 rings (SSSR count). The van der Waals surface area contributed by atoms with Crippen molar-refractivity contribution in [1.82, 2.24) is 10.6 Å². The fourth-order valence-corrected chi connectivity index (χ4v) is 2.75. The van der Waals surface area contributed by atoms with Crippen LogP contribution in [0.15, 0.2) is 18.2 Å². The lowest BCUT2D eigenvalue weighted by atomic mass is 10.1. The molecule has 0 saturated carbocycles. The lowest BCUT2D eigenvalue weighted by molar-refractivity contribution is -0.126. The third kappa shape index (κ3) is 3.42. The van der Waals surface area contributed by atoms with Gasteiger partial charge in [-0.3, -0.25) is 14.4 Å². The maximum atomic E-state index is 12.2. The summed E-state index contributed by atoms with van der Waals surface area (Å²) in [5.41, 5.74) is 0.692. The van der Waals surface area contributed by atoms with Crippen LogP contribution in [0.25, 0.3) is 0 Å². The van der Waals surface area contributed by atoms with Crippen molar-refractivity contribution in [2.45, 2.75) is 13.3 Å². The highest BCUT2D eigenvalue weighted by molar-refractivity contribution is 6.00. The summed E-state index contributed by atoms with van der Waals surface area (Å²) in [5, 5.41) is 5.34. The second-order valence-corrected chi connectivity index (χ2v) is 5.72. The van der Waals surface area contributed by atoms with Gasteiger partial charge in [-0.1, -0.05) is 0 Å². The monoisotopic (exact) mass is 333 g/mol. The van der Waals surface area contributed by atoms with E-state index < -0.39 is 5.92 Å². The third-order valence-corrected chi connectivity index (χ3v) is 3.96. The zero-order valence-corrected chi connectivity index (χ0v) is 13.3. The molecule has 3 amide bonds. The minimum atomic E-state index is -0.403. The summed E-state index contributed by atoms with van der Waals surface area (Å²) in [6, 6.07) is 5.28. The van der Waals surface area contributed by atoms with E-state index in [0.717, 1.165) is 0 Å². The predicted molar refractivity (Wildman–Crippen MR) is 84.7 cm³/mol. The van der Waals surface area contributed by atoms with Gasteiger partial charge < -0.3 is 25.0 Å². The smallest absolute Gasteiger partial charge is 0.231 e. The Kier molecular flexibility index (Phi) is 4.54. The van der Waals surface area contributed by atoms with Gasteiger partial charge in [0.05, 0.1) is 5.92 Å². The molecule has 2 aliphatic heterocycles. The van der Waals surface area contributed by atoms with Crippen LogP contribution in [0.3, 0.4) is 0 Å². The number of hydrogen-bond donors (Lipinski definition) is 2. The lowest BCUT2D eigenvalue weighted by Crippen LogP contribution is -2.37. The van der Waals surface area contributed by atoms with Crippen LogP contribution in [0.4, 0.5) is 5.69 Å². The van der Waals surface area contributed by atoms with Crippen LogP contribution in [0.1, 0.15) is 13.3 Å². The number of carbonyl (C=O) groups excluding carboxylic acids is 3. The number of fused-ring (bicyclic) bond motifs is 1. The number of nitrogens with zero attached hydrogens (tertiary/aromatic N) is 1. The first kappa shape index (κ1) is 16.1. The van der Waals surface area contributed by atoms with Crippen LogP contribution in [-0.2, 0) is 14.4 Å². The van der Waals surface area contributed by atoms with Gasteiger partial charge >= 0.3 is 0 Å². The van der Waals surface area contributed by atoms with E-state index in [2.05, 4.69) is 10.6 Å². The van der Waals surface area contributed by atoms with Gasteiger partial charge in [0.1, 0.15) is 0 Å². The Morgan fingerprint density at radius 2 is 1.96 bits per heavy atom. The van der Waals surface area contributed by atoms with Gasteiger partial charge in [0.15, 0.2) is 11.5 Å². The van der Waals surface area contributed by atoms with E-state index >= 15 is 0 Å². The summed E-state index contributed by atoms with van der Waals surface area (Å²) in [5.74, 6) is 0.420. The first-order valence-corrected chi connectivity index (χ1v) is 7.77. The van der Waals surface area contributed by atoms with E-state index in [4.69, 9.17) is 9.47 Å². The molecule has 2 heterocycles. The Bertz CT molecular complexity index is 676. The minimum Gasteiger partial charge on any atom is -0.454 e. The number of amides is 3. The first-order chi connectivity index (χ1) is 11.5. The molecule has 2 N–H and O–H groups in total. The molecule has 1 fully saturated rings. The van der Waals surface area contributed by atoms with E-state index in [1.54, 1.807) is 23.1 Å². The van der Waals surface area contributed by atoms with Crippen LogP contribution in [-0.4, -0.2) is 44.1 Å². The topological polar surface area (TPSA) is 97.0 Å². The van der Waals surface area contributed by atoms with Gasteiger partial charge in [-0.05, 0) is 12.1 Å². The number of ether oxygens (including phenoxy) is 2. The van der Waals surface area contributed by atoms with Gasteiger partial charge in [-0.2, -0.15) is 0 Å². The van der Waals surface area contributed by atoms with Crippen molar-refractivity contribution in [2.75, 3.05) is 31.3 Å². The summed E-state index contributed by atoms with van der Waals surface area (Å²) in [7, 11) is 0. The van der Waals surface area contributed by atoms with Crippen LogP contribution in [0.2, 0.25) is 0 Å².